The number of para-hydroxylation sites is 2. The second kappa shape index (κ2) is 4.35. The van der Waals surface area contributed by atoms with Crippen LogP contribution in [0.3, 0.4) is 0 Å². The fourth-order valence-corrected chi connectivity index (χ4v) is 1.93. The van der Waals surface area contributed by atoms with Crippen molar-refractivity contribution < 1.29 is 4.79 Å². The number of benzene rings is 1. The molecule has 2 aromatic rings. The molecule has 0 spiro atoms. The van der Waals surface area contributed by atoms with Crippen LogP contribution in [0.15, 0.2) is 24.3 Å². The van der Waals surface area contributed by atoms with E-state index in [2.05, 4.69) is 21.8 Å². The van der Waals surface area contributed by atoms with Crippen LogP contribution in [0.4, 0.5) is 0 Å². The third-order valence-corrected chi connectivity index (χ3v) is 2.71. The second-order valence-electron chi connectivity index (χ2n) is 3.71. The summed E-state index contributed by atoms with van der Waals surface area (Å²) >= 11 is 0. The predicted octanol–water partition coefficient (Wildman–Crippen LogP) is 1.86. The monoisotopic (exact) mass is 217 g/mol. The molecule has 0 saturated carbocycles. The summed E-state index contributed by atoms with van der Waals surface area (Å²) in [5.41, 5.74) is 2.08. The molecule has 16 heavy (non-hydrogen) atoms. The Balaban J connectivity index is 2.55. The zero-order valence-corrected chi connectivity index (χ0v) is 9.47. The van der Waals surface area contributed by atoms with Gasteiger partial charge >= 0.3 is 0 Å². The number of aryl methyl sites for hydroxylation is 1. The lowest BCUT2D eigenvalue weighted by Gasteiger charge is -2.11. The van der Waals surface area contributed by atoms with Crippen LogP contribution >= 0.6 is 0 Å². The second-order valence-corrected chi connectivity index (χ2v) is 3.71. The molecular formula is C12H15N3O. The SMILES string of the molecule is CCn1c([C@H](C)NC=O)nc2ccccc21. The van der Waals surface area contributed by atoms with Crippen LogP contribution in [0.5, 0.6) is 0 Å². The van der Waals surface area contributed by atoms with E-state index < -0.39 is 0 Å². The highest BCUT2D eigenvalue weighted by Gasteiger charge is 2.14. The van der Waals surface area contributed by atoms with Crippen LogP contribution < -0.4 is 5.32 Å². The minimum Gasteiger partial charge on any atom is -0.349 e. The molecule has 1 heterocycles. The molecule has 1 aromatic heterocycles. The lowest BCUT2D eigenvalue weighted by Crippen LogP contribution is -2.20. The molecule has 1 atom stereocenters. The summed E-state index contributed by atoms with van der Waals surface area (Å²) in [6.45, 7) is 4.85. The van der Waals surface area contributed by atoms with Crippen molar-refractivity contribution >= 4 is 17.4 Å². The van der Waals surface area contributed by atoms with Crippen molar-refractivity contribution in [1.29, 1.82) is 0 Å². The Labute approximate surface area is 94.3 Å². The van der Waals surface area contributed by atoms with Gasteiger partial charge in [0.1, 0.15) is 5.82 Å². The molecule has 0 saturated heterocycles. The Morgan fingerprint density at radius 3 is 2.94 bits per heavy atom. The third-order valence-electron chi connectivity index (χ3n) is 2.71. The summed E-state index contributed by atoms with van der Waals surface area (Å²) < 4.78 is 2.12. The van der Waals surface area contributed by atoms with Gasteiger partial charge in [0.05, 0.1) is 17.1 Å². The number of nitrogens with zero attached hydrogens (tertiary/aromatic N) is 2. The van der Waals surface area contributed by atoms with Gasteiger partial charge in [0.2, 0.25) is 6.41 Å². The molecule has 1 amide bonds. The summed E-state index contributed by atoms with van der Waals surface area (Å²) in [6, 6.07) is 7.93. The van der Waals surface area contributed by atoms with Gasteiger partial charge in [-0.25, -0.2) is 4.98 Å². The van der Waals surface area contributed by atoms with E-state index in [1.165, 1.54) is 0 Å². The molecule has 0 aliphatic carbocycles. The maximum absolute atomic E-state index is 10.5. The van der Waals surface area contributed by atoms with Crippen molar-refractivity contribution in [2.75, 3.05) is 0 Å². The maximum Gasteiger partial charge on any atom is 0.207 e. The van der Waals surface area contributed by atoms with E-state index in [1.54, 1.807) is 0 Å². The number of aromatic nitrogens is 2. The number of amides is 1. The fraction of sp³-hybridized carbons (Fsp3) is 0.333. The average Bonchev–Trinajstić information content (AvgIpc) is 2.67. The van der Waals surface area contributed by atoms with Crippen molar-refractivity contribution in [1.82, 2.24) is 14.9 Å². The molecule has 1 aromatic carbocycles. The molecule has 84 valence electrons. The smallest absolute Gasteiger partial charge is 0.207 e. The lowest BCUT2D eigenvalue weighted by molar-refractivity contribution is -0.110. The summed E-state index contributed by atoms with van der Waals surface area (Å²) in [4.78, 5) is 15.0. The van der Waals surface area contributed by atoms with Crippen LogP contribution in [-0.2, 0) is 11.3 Å². The quantitative estimate of drug-likeness (QED) is 0.795. The van der Waals surface area contributed by atoms with Gasteiger partial charge in [-0.1, -0.05) is 12.1 Å². The standard InChI is InChI=1S/C12H15N3O/c1-3-15-11-7-5-4-6-10(11)14-12(15)9(2)13-8-16/h4-9H,3H2,1-2H3,(H,13,16)/t9-/m0/s1. The number of imidazole rings is 1. The fourth-order valence-electron chi connectivity index (χ4n) is 1.93. The first-order valence-electron chi connectivity index (χ1n) is 5.42. The van der Waals surface area contributed by atoms with Gasteiger partial charge in [0.25, 0.3) is 0 Å². The van der Waals surface area contributed by atoms with Crippen LogP contribution in [0, 0.1) is 0 Å². The third kappa shape index (κ3) is 1.66. The summed E-state index contributed by atoms with van der Waals surface area (Å²) in [6.07, 6.45) is 0.712. The van der Waals surface area contributed by atoms with Gasteiger partial charge in [-0.3, -0.25) is 4.79 Å². The number of nitrogens with one attached hydrogen (secondary N) is 1. The summed E-state index contributed by atoms with van der Waals surface area (Å²) in [7, 11) is 0. The molecule has 4 heteroatoms. The van der Waals surface area contributed by atoms with Crippen molar-refractivity contribution in [2.24, 2.45) is 0 Å². The first kappa shape index (κ1) is 10.7. The van der Waals surface area contributed by atoms with Gasteiger partial charge in [0, 0.05) is 6.54 Å². The molecule has 4 nitrogen and oxygen atoms in total. The highest BCUT2D eigenvalue weighted by molar-refractivity contribution is 5.76. The van der Waals surface area contributed by atoms with E-state index >= 15 is 0 Å². The number of hydrogen-bond donors (Lipinski definition) is 1. The van der Waals surface area contributed by atoms with Gasteiger partial charge in [-0.2, -0.15) is 0 Å². The van der Waals surface area contributed by atoms with E-state index in [4.69, 9.17) is 0 Å². The lowest BCUT2D eigenvalue weighted by atomic mass is 10.3. The Morgan fingerprint density at radius 1 is 1.50 bits per heavy atom. The van der Waals surface area contributed by atoms with Crippen molar-refractivity contribution in [3.63, 3.8) is 0 Å². The van der Waals surface area contributed by atoms with Gasteiger partial charge in [0.15, 0.2) is 0 Å². The highest BCUT2D eigenvalue weighted by Crippen LogP contribution is 2.20. The molecule has 0 aliphatic heterocycles. The largest absolute Gasteiger partial charge is 0.349 e. The first-order chi connectivity index (χ1) is 7.77. The molecular weight excluding hydrogens is 202 g/mol. The number of hydrogen-bond acceptors (Lipinski definition) is 2. The number of carbonyl (C=O) groups excluding carboxylic acids is 1. The Bertz CT molecular complexity index is 504. The van der Waals surface area contributed by atoms with Crippen LogP contribution in [0.2, 0.25) is 0 Å². The van der Waals surface area contributed by atoms with E-state index in [-0.39, 0.29) is 6.04 Å². The average molecular weight is 217 g/mol. The molecule has 0 aliphatic rings. The topological polar surface area (TPSA) is 46.9 Å². The molecule has 0 unspecified atom stereocenters. The van der Waals surface area contributed by atoms with Crippen molar-refractivity contribution in [3.8, 4) is 0 Å². The number of carbonyl (C=O) groups is 1. The molecule has 1 N–H and O–H groups in total. The van der Waals surface area contributed by atoms with Crippen molar-refractivity contribution in [2.45, 2.75) is 26.4 Å². The zero-order valence-electron chi connectivity index (χ0n) is 9.47. The maximum atomic E-state index is 10.5. The van der Waals surface area contributed by atoms with E-state index in [1.807, 2.05) is 31.2 Å². The van der Waals surface area contributed by atoms with E-state index in [9.17, 15) is 4.79 Å². The number of fused-ring (bicyclic) bond motifs is 1. The van der Waals surface area contributed by atoms with E-state index in [0.717, 1.165) is 23.4 Å². The Hall–Kier alpha value is -1.84. The summed E-state index contributed by atoms with van der Waals surface area (Å²) in [5, 5.41) is 2.73. The van der Waals surface area contributed by atoms with Crippen molar-refractivity contribution in [3.05, 3.63) is 30.1 Å². The summed E-state index contributed by atoms with van der Waals surface area (Å²) in [5.74, 6) is 0.899. The highest BCUT2D eigenvalue weighted by atomic mass is 16.1. The molecule has 2 rings (SSSR count). The number of rotatable bonds is 4. The van der Waals surface area contributed by atoms with Crippen LogP contribution in [0.1, 0.15) is 25.7 Å². The zero-order chi connectivity index (χ0) is 11.5. The van der Waals surface area contributed by atoms with Gasteiger partial charge < -0.3 is 9.88 Å². The molecule has 0 fully saturated rings. The van der Waals surface area contributed by atoms with Gasteiger partial charge in [-0.05, 0) is 26.0 Å². The van der Waals surface area contributed by atoms with Crippen LogP contribution in [-0.4, -0.2) is 16.0 Å². The Kier molecular flexibility index (Phi) is 2.90. The minimum absolute atomic E-state index is 0.0650. The first-order valence-corrected chi connectivity index (χ1v) is 5.42. The molecule has 0 radical (unpaired) electrons. The van der Waals surface area contributed by atoms with Gasteiger partial charge in [-0.15, -0.1) is 0 Å². The Morgan fingerprint density at radius 2 is 2.25 bits per heavy atom. The molecule has 0 bridgehead atoms. The van der Waals surface area contributed by atoms with Crippen LogP contribution in [0.25, 0.3) is 11.0 Å². The normalized spacial score (nSPS) is 12.6. The minimum atomic E-state index is -0.0650. The van der Waals surface area contributed by atoms with E-state index in [0.29, 0.717) is 6.41 Å². The predicted molar refractivity (Wildman–Crippen MR) is 63.0 cm³/mol.